The van der Waals surface area contributed by atoms with Crippen LogP contribution in [0.15, 0.2) is 30.5 Å². The monoisotopic (exact) mass is 503 g/mol. The number of nitrogens with one attached hydrogen (secondary N) is 4. The number of benzene rings is 1. The molecule has 0 bridgehead atoms. The molecule has 0 aliphatic carbocycles. The summed E-state index contributed by atoms with van der Waals surface area (Å²) < 4.78 is 0. The van der Waals surface area contributed by atoms with E-state index in [1.54, 1.807) is 30.5 Å². The van der Waals surface area contributed by atoms with E-state index in [2.05, 4.69) is 20.9 Å². The zero-order chi connectivity index (χ0) is 27.0. The second kappa shape index (κ2) is 12.3. The Hall–Kier alpha value is -4.46. The van der Waals surface area contributed by atoms with Crippen molar-refractivity contribution in [3.8, 4) is 0 Å². The Labute approximate surface area is 205 Å². The average molecular weight is 504 g/mol. The van der Waals surface area contributed by atoms with Crippen LogP contribution in [0.3, 0.4) is 0 Å². The molecule has 11 N–H and O–H groups in total. The predicted octanol–water partition coefficient (Wildman–Crippen LogP) is -2.65. The number of carboxylic acids is 1. The molecule has 0 aliphatic rings. The third-order valence-electron chi connectivity index (χ3n) is 5.20. The lowest BCUT2D eigenvalue weighted by Gasteiger charge is -2.24. The maximum Gasteiger partial charge on any atom is 0.326 e. The third kappa shape index (κ3) is 7.80. The van der Waals surface area contributed by atoms with Gasteiger partial charge in [-0.15, -0.1) is 0 Å². The Morgan fingerprint density at radius 3 is 1.97 bits per heavy atom. The van der Waals surface area contributed by atoms with Crippen molar-refractivity contribution in [1.29, 1.82) is 0 Å². The number of aromatic nitrogens is 1. The number of para-hydroxylation sites is 1. The Morgan fingerprint density at radius 2 is 1.39 bits per heavy atom. The maximum atomic E-state index is 13.1. The van der Waals surface area contributed by atoms with E-state index in [-0.39, 0.29) is 6.42 Å². The van der Waals surface area contributed by atoms with E-state index >= 15 is 0 Å². The number of carbonyl (C=O) groups excluding carboxylic acids is 5. The molecule has 0 aliphatic heterocycles. The number of hydrogen-bond donors (Lipinski definition) is 8. The standard InChI is InChI=1S/C22H29N7O7/c1-10(23)19(32)27-15(7-17(24)30)21(34)28-14(20(33)29-16(22(35)36)8-18(25)31)6-11-9-26-13-5-3-2-4-12(11)13/h2-5,9-10,14-16,26H,6-8,23H2,1H3,(H2,24,30)(H2,25,31)(H,27,32)(H,28,34)(H,29,33)(H,35,36). The molecule has 0 radical (unpaired) electrons. The summed E-state index contributed by atoms with van der Waals surface area (Å²) >= 11 is 0. The quantitative estimate of drug-likeness (QED) is 0.143. The molecule has 0 saturated heterocycles. The number of rotatable bonds is 13. The minimum absolute atomic E-state index is 0.102. The molecule has 0 fully saturated rings. The molecule has 2 rings (SSSR count). The summed E-state index contributed by atoms with van der Waals surface area (Å²) in [6.45, 7) is 1.37. The largest absolute Gasteiger partial charge is 0.480 e. The highest BCUT2D eigenvalue weighted by atomic mass is 16.4. The molecule has 4 atom stereocenters. The normalized spacial score (nSPS) is 14.2. The molecule has 14 heteroatoms. The Kier molecular flexibility index (Phi) is 9.50. The van der Waals surface area contributed by atoms with Crippen molar-refractivity contribution in [2.24, 2.45) is 17.2 Å². The van der Waals surface area contributed by atoms with Crippen LogP contribution in [0.5, 0.6) is 0 Å². The smallest absolute Gasteiger partial charge is 0.326 e. The first kappa shape index (κ1) is 27.8. The molecular weight excluding hydrogens is 474 g/mol. The van der Waals surface area contributed by atoms with E-state index in [0.717, 1.165) is 10.9 Å². The van der Waals surface area contributed by atoms with Gasteiger partial charge in [-0.25, -0.2) is 4.79 Å². The third-order valence-corrected chi connectivity index (χ3v) is 5.20. The van der Waals surface area contributed by atoms with Crippen LogP contribution in [0.1, 0.15) is 25.3 Å². The number of carbonyl (C=O) groups is 6. The first-order valence-corrected chi connectivity index (χ1v) is 10.9. The zero-order valence-corrected chi connectivity index (χ0v) is 19.4. The summed E-state index contributed by atoms with van der Waals surface area (Å²) in [7, 11) is 0. The van der Waals surface area contributed by atoms with Gasteiger partial charge in [0.15, 0.2) is 0 Å². The van der Waals surface area contributed by atoms with E-state index in [9.17, 15) is 33.9 Å². The summed E-state index contributed by atoms with van der Waals surface area (Å²) in [5, 5.41) is 17.0. The topological polar surface area (TPSA) is 253 Å². The second-order valence-corrected chi connectivity index (χ2v) is 8.21. The summed E-state index contributed by atoms with van der Waals surface area (Å²) in [6.07, 6.45) is 0.262. The number of amides is 5. The molecule has 0 saturated carbocycles. The van der Waals surface area contributed by atoms with Gasteiger partial charge in [-0.05, 0) is 18.6 Å². The van der Waals surface area contributed by atoms with Crippen molar-refractivity contribution in [1.82, 2.24) is 20.9 Å². The number of fused-ring (bicyclic) bond motifs is 1. The van der Waals surface area contributed by atoms with E-state index < -0.39 is 72.5 Å². The number of primary amides is 2. The Balaban J connectivity index is 2.34. The lowest BCUT2D eigenvalue weighted by Crippen LogP contribution is -2.58. The molecule has 194 valence electrons. The highest BCUT2D eigenvalue weighted by molar-refractivity contribution is 5.97. The van der Waals surface area contributed by atoms with Crippen molar-refractivity contribution in [3.63, 3.8) is 0 Å². The van der Waals surface area contributed by atoms with Gasteiger partial charge in [0.25, 0.3) is 0 Å². The van der Waals surface area contributed by atoms with Crippen LogP contribution in [-0.2, 0) is 35.2 Å². The second-order valence-electron chi connectivity index (χ2n) is 8.21. The van der Waals surface area contributed by atoms with Gasteiger partial charge in [0, 0.05) is 23.5 Å². The van der Waals surface area contributed by atoms with Gasteiger partial charge in [-0.2, -0.15) is 0 Å². The number of H-pyrrole nitrogens is 1. The number of hydrogen-bond acceptors (Lipinski definition) is 7. The number of aliphatic carboxylic acids is 1. The van der Waals surface area contributed by atoms with Gasteiger partial charge in [-0.1, -0.05) is 18.2 Å². The molecule has 1 aromatic carbocycles. The van der Waals surface area contributed by atoms with Crippen molar-refractivity contribution in [2.45, 2.75) is 50.4 Å². The van der Waals surface area contributed by atoms with Crippen LogP contribution in [0.25, 0.3) is 10.9 Å². The summed E-state index contributed by atoms with van der Waals surface area (Å²) in [5.41, 5.74) is 17.1. The van der Waals surface area contributed by atoms with Crippen molar-refractivity contribution in [3.05, 3.63) is 36.0 Å². The Bertz CT molecular complexity index is 1160. The van der Waals surface area contributed by atoms with Gasteiger partial charge in [0.05, 0.1) is 18.9 Å². The summed E-state index contributed by atoms with van der Waals surface area (Å²) in [6, 6.07) is 1.70. The van der Waals surface area contributed by atoms with Crippen molar-refractivity contribution < 1.29 is 33.9 Å². The van der Waals surface area contributed by atoms with Gasteiger partial charge in [0.2, 0.25) is 29.5 Å². The fraction of sp³-hybridized carbons (Fsp3) is 0.364. The van der Waals surface area contributed by atoms with Crippen LogP contribution in [-0.4, -0.2) is 69.8 Å². The van der Waals surface area contributed by atoms with E-state index in [1.807, 2.05) is 0 Å². The van der Waals surface area contributed by atoms with Crippen LogP contribution >= 0.6 is 0 Å². The van der Waals surface area contributed by atoms with Crippen molar-refractivity contribution >= 4 is 46.4 Å². The first-order chi connectivity index (χ1) is 16.9. The van der Waals surface area contributed by atoms with Crippen LogP contribution in [0, 0.1) is 0 Å². The lowest BCUT2D eigenvalue weighted by molar-refractivity contribution is -0.143. The fourth-order valence-electron chi connectivity index (χ4n) is 3.39. The summed E-state index contributed by atoms with van der Waals surface area (Å²) in [5.74, 6) is -5.95. The number of aromatic amines is 1. The lowest BCUT2D eigenvalue weighted by atomic mass is 10.0. The predicted molar refractivity (Wildman–Crippen MR) is 127 cm³/mol. The highest BCUT2D eigenvalue weighted by Crippen LogP contribution is 2.19. The first-order valence-electron chi connectivity index (χ1n) is 10.9. The van der Waals surface area contributed by atoms with E-state index in [1.165, 1.54) is 6.92 Å². The van der Waals surface area contributed by atoms with Crippen molar-refractivity contribution in [2.75, 3.05) is 0 Å². The Morgan fingerprint density at radius 1 is 0.861 bits per heavy atom. The van der Waals surface area contributed by atoms with Crippen LogP contribution in [0.2, 0.25) is 0 Å². The maximum absolute atomic E-state index is 13.1. The number of nitrogens with two attached hydrogens (primary N) is 3. The minimum Gasteiger partial charge on any atom is -0.480 e. The van der Waals surface area contributed by atoms with Gasteiger partial charge in [-0.3, -0.25) is 24.0 Å². The van der Waals surface area contributed by atoms with E-state index in [0.29, 0.717) is 5.56 Å². The zero-order valence-electron chi connectivity index (χ0n) is 19.4. The van der Waals surface area contributed by atoms with Gasteiger partial charge < -0.3 is 43.2 Å². The molecular formula is C22H29N7O7. The molecule has 1 heterocycles. The number of carboxylic acid groups (broad SMARTS) is 1. The minimum atomic E-state index is -1.64. The molecule has 5 amide bonds. The van der Waals surface area contributed by atoms with E-state index in [4.69, 9.17) is 17.2 Å². The molecule has 0 spiro atoms. The molecule has 2 aromatic rings. The SMILES string of the molecule is CC(N)C(=O)NC(CC(N)=O)C(=O)NC(Cc1c[nH]c2ccccc12)C(=O)NC(CC(N)=O)C(=O)O. The molecule has 14 nitrogen and oxygen atoms in total. The molecule has 4 unspecified atom stereocenters. The van der Waals surface area contributed by atoms with Crippen LogP contribution in [0.4, 0.5) is 0 Å². The fourth-order valence-corrected chi connectivity index (χ4v) is 3.39. The average Bonchev–Trinajstić information content (AvgIpc) is 3.19. The summed E-state index contributed by atoms with van der Waals surface area (Å²) in [4.78, 5) is 75.3. The highest BCUT2D eigenvalue weighted by Gasteiger charge is 2.31. The van der Waals surface area contributed by atoms with Crippen LogP contribution < -0.4 is 33.2 Å². The van der Waals surface area contributed by atoms with Gasteiger partial charge in [0.1, 0.15) is 18.1 Å². The molecule has 36 heavy (non-hydrogen) atoms. The van der Waals surface area contributed by atoms with Gasteiger partial charge >= 0.3 is 5.97 Å². The molecule has 1 aromatic heterocycles.